The molecule has 0 saturated carbocycles. The number of hydrogen-bond donors (Lipinski definition) is 2. The highest BCUT2D eigenvalue weighted by atomic mass is 16.5. The third-order valence-electron chi connectivity index (χ3n) is 5.02. The lowest BCUT2D eigenvalue weighted by Gasteiger charge is -2.26. The summed E-state index contributed by atoms with van der Waals surface area (Å²) in [4.78, 5) is 36.4. The van der Waals surface area contributed by atoms with E-state index in [0.29, 0.717) is 17.7 Å². The number of aryl methyl sites for hydroxylation is 1. The van der Waals surface area contributed by atoms with Crippen LogP contribution in [0.2, 0.25) is 0 Å². The normalized spacial score (nSPS) is 13.4. The molecular weight excluding hydrogens is 368 g/mol. The second kappa shape index (κ2) is 8.47. The van der Waals surface area contributed by atoms with E-state index < -0.39 is 5.60 Å². The lowest BCUT2D eigenvalue weighted by molar-refractivity contribution is -0.134. The molecule has 0 aliphatic heterocycles. The van der Waals surface area contributed by atoms with Crippen LogP contribution in [-0.4, -0.2) is 30.2 Å². The van der Waals surface area contributed by atoms with Crippen LogP contribution in [0.5, 0.6) is 5.75 Å². The summed E-state index contributed by atoms with van der Waals surface area (Å²) in [5.41, 5.74) is 1.99. The van der Waals surface area contributed by atoms with Crippen molar-refractivity contribution in [2.75, 3.05) is 7.05 Å². The van der Waals surface area contributed by atoms with E-state index in [4.69, 9.17) is 4.74 Å². The minimum absolute atomic E-state index is 0.161. The van der Waals surface area contributed by atoms with E-state index in [0.717, 1.165) is 29.5 Å². The number of carbonyl (C=O) groups is 3. The lowest BCUT2D eigenvalue weighted by Crippen LogP contribution is -2.46. The van der Waals surface area contributed by atoms with Crippen LogP contribution in [0.3, 0.4) is 0 Å². The Morgan fingerprint density at radius 1 is 1.10 bits per heavy atom. The van der Waals surface area contributed by atoms with Crippen molar-refractivity contribution in [2.45, 2.75) is 45.3 Å². The summed E-state index contributed by atoms with van der Waals surface area (Å²) < 4.78 is 5.95. The van der Waals surface area contributed by atoms with E-state index in [9.17, 15) is 14.4 Å². The third-order valence-corrected chi connectivity index (χ3v) is 5.02. The van der Waals surface area contributed by atoms with E-state index in [2.05, 4.69) is 10.6 Å². The maximum absolute atomic E-state index is 12.7. The van der Waals surface area contributed by atoms with Crippen molar-refractivity contribution < 1.29 is 19.1 Å². The first-order chi connectivity index (χ1) is 13.8. The average Bonchev–Trinajstić information content (AvgIpc) is 2.71. The Bertz CT molecular complexity index is 950. The molecule has 0 heterocycles. The van der Waals surface area contributed by atoms with E-state index in [1.165, 1.54) is 0 Å². The number of amides is 2. The monoisotopic (exact) mass is 394 g/mol. The number of fused-ring (bicyclic) bond motifs is 1. The minimum atomic E-state index is -1.09. The molecule has 0 bridgehead atoms. The van der Waals surface area contributed by atoms with E-state index in [1.54, 1.807) is 51.2 Å². The summed E-state index contributed by atoms with van der Waals surface area (Å²) >= 11 is 0. The summed E-state index contributed by atoms with van der Waals surface area (Å²) in [5.74, 6) is 0.290. The van der Waals surface area contributed by atoms with Crippen molar-refractivity contribution in [3.05, 3.63) is 64.7 Å². The fraction of sp³-hybridized carbons (Fsp3) is 0.348. The SMILES string of the molecule is CNC(=O)c1cccc(CNC(=O)C(C)(C)Oc2ccc3c(c2)CCCC3=O)c1. The molecule has 2 aromatic carbocycles. The Labute approximate surface area is 170 Å². The summed E-state index contributed by atoms with van der Waals surface area (Å²) in [6.45, 7) is 3.69. The number of Topliss-reactive ketones (excluding diaryl/α,β-unsaturated/α-hetero) is 1. The third kappa shape index (κ3) is 4.83. The van der Waals surface area contributed by atoms with Gasteiger partial charge in [-0.2, -0.15) is 0 Å². The highest BCUT2D eigenvalue weighted by molar-refractivity contribution is 5.98. The molecule has 1 aliphatic rings. The smallest absolute Gasteiger partial charge is 0.263 e. The second-order valence-electron chi connectivity index (χ2n) is 7.67. The molecule has 2 amide bonds. The fourth-order valence-corrected chi connectivity index (χ4v) is 3.39. The Morgan fingerprint density at radius 2 is 1.90 bits per heavy atom. The predicted octanol–water partition coefficient (Wildman–Crippen LogP) is 3.04. The van der Waals surface area contributed by atoms with Crippen molar-refractivity contribution >= 4 is 17.6 Å². The van der Waals surface area contributed by atoms with Gasteiger partial charge in [-0.05, 0) is 68.1 Å². The zero-order chi connectivity index (χ0) is 21.0. The maximum atomic E-state index is 12.7. The number of nitrogens with one attached hydrogen (secondary N) is 2. The quantitative estimate of drug-likeness (QED) is 0.789. The molecular formula is C23H26N2O4. The number of hydrogen-bond acceptors (Lipinski definition) is 4. The minimum Gasteiger partial charge on any atom is -0.478 e. The maximum Gasteiger partial charge on any atom is 0.263 e. The van der Waals surface area contributed by atoms with E-state index in [1.807, 2.05) is 12.1 Å². The van der Waals surface area contributed by atoms with Crippen LogP contribution in [0.1, 0.15) is 58.5 Å². The van der Waals surface area contributed by atoms with Crippen LogP contribution in [0.25, 0.3) is 0 Å². The van der Waals surface area contributed by atoms with Crippen molar-refractivity contribution in [3.8, 4) is 5.75 Å². The molecule has 0 fully saturated rings. The Morgan fingerprint density at radius 3 is 2.66 bits per heavy atom. The van der Waals surface area contributed by atoms with Crippen molar-refractivity contribution in [2.24, 2.45) is 0 Å². The first kappa shape index (κ1) is 20.6. The van der Waals surface area contributed by atoms with Gasteiger partial charge >= 0.3 is 0 Å². The Kier molecular flexibility index (Phi) is 6.01. The van der Waals surface area contributed by atoms with Gasteiger partial charge in [-0.15, -0.1) is 0 Å². The molecule has 3 rings (SSSR count). The predicted molar refractivity (Wildman–Crippen MR) is 110 cm³/mol. The van der Waals surface area contributed by atoms with Gasteiger partial charge in [0.05, 0.1) is 0 Å². The zero-order valence-corrected chi connectivity index (χ0v) is 17.0. The van der Waals surface area contributed by atoms with Crippen molar-refractivity contribution in [1.82, 2.24) is 10.6 Å². The van der Waals surface area contributed by atoms with Gasteiger partial charge in [-0.1, -0.05) is 12.1 Å². The van der Waals surface area contributed by atoms with Crippen LogP contribution in [0.15, 0.2) is 42.5 Å². The highest BCUT2D eigenvalue weighted by Gasteiger charge is 2.30. The molecule has 0 unspecified atom stereocenters. The fourth-order valence-electron chi connectivity index (χ4n) is 3.39. The summed E-state index contributed by atoms with van der Waals surface area (Å²) in [7, 11) is 1.58. The number of ketones is 1. The molecule has 6 heteroatoms. The topological polar surface area (TPSA) is 84.5 Å². The Hall–Kier alpha value is -3.15. The van der Waals surface area contributed by atoms with Gasteiger partial charge in [0, 0.05) is 31.1 Å². The van der Waals surface area contributed by atoms with Gasteiger partial charge in [-0.3, -0.25) is 14.4 Å². The van der Waals surface area contributed by atoms with Gasteiger partial charge in [0.1, 0.15) is 5.75 Å². The molecule has 152 valence electrons. The molecule has 2 N–H and O–H groups in total. The van der Waals surface area contributed by atoms with Crippen LogP contribution in [0, 0.1) is 0 Å². The second-order valence-corrected chi connectivity index (χ2v) is 7.67. The van der Waals surface area contributed by atoms with Gasteiger partial charge in [-0.25, -0.2) is 0 Å². The van der Waals surface area contributed by atoms with E-state index in [-0.39, 0.29) is 24.1 Å². The first-order valence-electron chi connectivity index (χ1n) is 9.74. The summed E-state index contributed by atoms with van der Waals surface area (Å²) in [5, 5.41) is 5.45. The lowest BCUT2D eigenvalue weighted by atomic mass is 9.90. The number of carbonyl (C=O) groups excluding carboxylic acids is 3. The summed E-state index contributed by atoms with van der Waals surface area (Å²) in [6.07, 6.45) is 2.27. The molecule has 1 aliphatic carbocycles. The van der Waals surface area contributed by atoms with Gasteiger partial charge < -0.3 is 15.4 Å². The van der Waals surface area contributed by atoms with Crippen molar-refractivity contribution in [1.29, 1.82) is 0 Å². The van der Waals surface area contributed by atoms with Crippen LogP contribution in [-0.2, 0) is 17.8 Å². The van der Waals surface area contributed by atoms with Crippen LogP contribution < -0.4 is 15.4 Å². The number of rotatable bonds is 6. The van der Waals surface area contributed by atoms with Crippen molar-refractivity contribution in [3.63, 3.8) is 0 Å². The molecule has 6 nitrogen and oxygen atoms in total. The molecule has 0 radical (unpaired) electrons. The van der Waals surface area contributed by atoms with Gasteiger partial charge in [0.15, 0.2) is 11.4 Å². The average molecular weight is 394 g/mol. The summed E-state index contributed by atoms with van der Waals surface area (Å²) in [6, 6.07) is 12.5. The van der Waals surface area contributed by atoms with Crippen LogP contribution in [0.4, 0.5) is 0 Å². The molecule has 0 atom stereocenters. The first-order valence-corrected chi connectivity index (χ1v) is 9.74. The number of ether oxygens (including phenoxy) is 1. The number of benzene rings is 2. The molecule has 0 aromatic heterocycles. The molecule has 0 spiro atoms. The van der Waals surface area contributed by atoms with E-state index >= 15 is 0 Å². The van der Waals surface area contributed by atoms with Gasteiger partial charge in [0.2, 0.25) is 0 Å². The largest absolute Gasteiger partial charge is 0.478 e. The van der Waals surface area contributed by atoms with Crippen LogP contribution >= 0.6 is 0 Å². The van der Waals surface area contributed by atoms with Gasteiger partial charge in [0.25, 0.3) is 11.8 Å². The molecule has 2 aromatic rings. The molecule has 0 saturated heterocycles. The molecule has 29 heavy (non-hydrogen) atoms. The standard InChI is InChI=1S/C23H26N2O4/c1-23(2,29-18-10-11-19-16(13-18)7-5-9-20(19)26)22(28)25-14-15-6-4-8-17(12-15)21(27)24-3/h4,6,8,10-13H,5,7,9,14H2,1-3H3,(H,24,27)(H,25,28). The highest BCUT2D eigenvalue weighted by Crippen LogP contribution is 2.27. The zero-order valence-electron chi connectivity index (χ0n) is 17.0. The Balaban J connectivity index is 1.64.